The molecule has 100 valence electrons. The number of rotatable bonds is 3. The van der Waals surface area contributed by atoms with Crippen LogP contribution in [0, 0.1) is 0 Å². The van der Waals surface area contributed by atoms with Crippen LogP contribution in [0.25, 0.3) is 0 Å². The molecule has 0 radical (unpaired) electrons. The van der Waals surface area contributed by atoms with Crippen LogP contribution in [0.4, 0.5) is 0 Å². The zero-order chi connectivity index (χ0) is 13.4. The standard InChI is InChI=1S/C15H16ClNOS/c1-18-12-6-5-10(16)8-11(12)15(17)14-7-9-3-2-4-13(9)19-14/h5-8,15H,2-4,17H2,1H3. The zero-order valence-electron chi connectivity index (χ0n) is 10.8. The Morgan fingerprint density at radius 3 is 2.89 bits per heavy atom. The lowest BCUT2D eigenvalue weighted by Gasteiger charge is -2.15. The minimum Gasteiger partial charge on any atom is -0.496 e. The number of ether oxygens (including phenoxy) is 1. The van der Waals surface area contributed by atoms with Crippen LogP contribution in [0.15, 0.2) is 24.3 Å². The average molecular weight is 294 g/mol. The number of methoxy groups -OCH3 is 1. The number of aryl methyl sites for hydroxylation is 2. The van der Waals surface area contributed by atoms with Crippen molar-refractivity contribution < 1.29 is 4.74 Å². The maximum Gasteiger partial charge on any atom is 0.124 e. The fraction of sp³-hybridized carbons (Fsp3) is 0.333. The minimum atomic E-state index is -0.163. The highest BCUT2D eigenvalue weighted by Crippen LogP contribution is 2.38. The van der Waals surface area contributed by atoms with Crippen LogP contribution >= 0.6 is 22.9 Å². The SMILES string of the molecule is COc1ccc(Cl)cc1C(N)c1cc2c(s1)CCC2. The van der Waals surface area contributed by atoms with Gasteiger partial charge in [0.05, 0.1) is 13.2 Å². The molecule has 3 rings (SSSR count). The Bertz CT molecular complexity index is 587. The molecule has 0 saturated carbocycles. The predicted octanol–water partition coefficient (Wildman–Crippen LogP) is 3.95. The van der Waals surface area contributed by atoms with Crippen molar-refractivity contribution >= 4 is 22.9 Å². The van der Waals surface area contributed by atoms with E-state index < -0.39 is 0 Å². The van der Waals surface area contributed by atoms with Crippen molar-refractivity contribution in [3.63, 3.8) is 0 Å². The van der Waals surface area contributed by atoms with Gasteiger partial charge in [0.2, 0.25) is 0 Å². The molecule has 1 aliphatic carbocycles. The van der Waals surface area contributed by atoms with E-state index in [9.17, 15) is 0 Å². The largest absolute Gasteiger partial charge is 0.496 e. The van der Waals surface area contributed by atoms with E-state index in [1.54, 1.807) is 7.11 Å². The van der Waals surface area contributed by atoms with Gasteiger partial charge in [0.25, 0.3) is 0 Å². The number of nitrogens with two attached hydrogens (primary N) is 1. The topological polar surface area (TPSA) is 35.2 Å². The minimum absolute atomic E-state index is 0.163. The summed E-state index contributed by atoms with van der Waals surface area (Å²) in [7, 11) is 1.66. The first-order valence-electron chi connectivity index (χ1n) is 6.39. The van der Waals surface area contributed by atoms with Gasteiger partial charge in [-0.05, 0) is 49.1 Å². The third kappa shape index (κ3) is 2.38. The summed E-state index contributed by atoms with van der Waals surface area (Å²) < 4.78 is 5.39. The molecule has 0 saturated heterocycles. The Morgan fingerprint density at radius 2 is 2.16 bits per heavy atom. The van der Waals surface area contributed by atoms with Crippen LogP contribution in [0.3, 0.4) is 0 Å². The van der Waals surface area contributed by atoms with Gasteiger partial charge in [-0.25, -0.2) is 0 Å². The number of thiophene rings is 1. The highest BCUT2D eigenvalue weighted by Gasteiger charge is 2.21. The lowest BCUT2D eigenvalue weighted by Crippen LogP contribution is -2.11. The summed E-state index contributed by atoms with van der Waals surface area (Å²) in [5.74, 6) is 0.797. The predicted molar refractivity (Wildman–Crippen MR) is 80.4 cm³/mol. The summed E-state index contributed by atoms with van der Waals surface area (Å²) in [6, 6.07) is 7.68. The number of hydrogen-bond donors (Lipinski definition) is 1. The number of benzene rings is 1. The van der Waals surface area contributed by atoms with Crippen LogP contribution < -0.4 is 10.5 Å². The summed E-state index contributed by atoms with van der Waals surface area (Å²) in [6.45, 7) is 0. The lowest BCUT2D eigenvalue weighted by molar-refractivity contribution is 0.408. The van der Waals surface area contributed by atoms with Gasteiger partial charge in [-0.1, -0.05) is 11.6 Å². The van der Waals surface area contributed by atoms with Gasteiger partial charge in [0, 0.05) is 20.3 Å². The number of halogens is 1. The molecule has 1 unspecified atom stereocenters. The molecular weight excluding hydrogens is 278 g/mol. The summed E-state index contributed by atoms with van der Waals surface area (Å²) >= 11 is 7.90. The van der Waals surface area contributed by atoms with Crippen molar-refractivity contribution in [1.29, 1.82) is 0 Å². The van der Waals surface area contributed by atoms with Gasteiger partial charge < -0.3 is 10.5 Å². The van der Waals surface area contributed by atoms with Crippen LogP contribution in [0.2, 0.25) is 5.02 Å². The van der Waals surface area contributed by atoms with Crippen LogP contribution in [-0.2, 0) is 12.8 Å². The maximum atomic E-state index is 6.39. The third-order valence-corrected chi connectivity index (χ3v) is 5.15. The molecule has 0 bridgehead atoms. The third-order valence-electron chi connectivity index (χ3n) is 3.60. The summed E-state index contributed by atoms with van der Waals surface area (Å²) in [5, 5.41) is 0.690. The maximum absolute atomic E-state index is 6.39. The molecule has 4 heteroatoms. The normalized spacial score (nSPS) is 15.3. The molecule has 1 heterocycles. The molecule has 1 aromatic carbocycles. The fourth-order valence-electron chi connectivity index (χ4n) is 2.61. The van der Waals surface area contributed by atoms with Gasteiger partial charge in [-0.15, -0.1) is 11.3 Å². The van der Waals surface area contributed by atoms with Crippen molar-refractivity contribution in [2.75, 3.05) is 7.11 Å². The van der Waals surface area contributed by atoms with E-state index in [4.69, 9.17) is 22.1 Å². The van der Waals surface area contributed by atoms with Gasteiger partial charge in [-0.3, -0.25) is 0 Å². The van der Waals surface area contributed by atoms with Crippen molar-refractivity contribution in [3.05, 3.63) is 50.2 Å². The fourth-order valence-corrected chi connectivity index (χ4v) is 4.07. The Labute approximate surface area is 122 Å². The van der Waals surface area contributed by atoms with Crippen molar-refractivity contribution in [2.45, 2.75) is 25.3 Å². The van der Waals surface area contributed by atoms with Crippen LogP contribution in [0.1, 0.15) is 33.3 Å². The van der Waals surface area contributed by atoms with E-state index in [0.717, 1.165) is 11.3 Å². The van der Waals surface area contributed by atoms with Gasteiger partial charge in [0.1, 0.15) is 5.75 Å². The first-order chi connectivity index (χ1) is 9.19. The number of hydrogen-bond acceptors (Lipinski definition) is 3. The molecular formula is C15H16ClNOS. The highest BCUT2D eigenvalue weighted by molar-refractivity contribution is 7.12. The first kappa shape index (κ1) is 13.0. The van der Waals surface area contributed by atoms with E-state index in [1.807, 2.05) is 29.5 Å². The zero-order valence-corrected chi connectivity index (χ0v) is 12.4. The van der Waals surface area contributed by atoms with E-state index >= 15 is 0 Å². The molecule has 0 aliphatic heterocycles. The molecule has 0 spiro atoms. The molecule has 1 aromatic heterocycles. The summed E-state index contributed by atoms with van der Waals surface area (Å²) in [4.78, 5) is 2.69. The van der Waals surface area contributed by atoms with Crippen molar-refractivity contribution in [3.8, 4) is 5.75 Å². The Kier molecular flexibility index (Phi) is 3.52. The molecule has 2 N–H and O–H groups in total. The van der Waals surface area contributed by atoms with E-state index in [-0.39, 0.29) is 6.04 Å². The molecule has 2 nitrogen and oxygen atoms in total. The van der Waals surface area contributed by atoms with Gasteiger partial charge in [0.15, 0.2) is 0 Å². The van der Waals surface area contributed by atoms with Gasteiger partial charge >= 0.3 is 0 Å². The van der Waals surface area contributed by atoms with E-state index in [1.165, 1.54) is 34.6 Å². The monoisotopic (exact) mass is 293 g/mol. The lowest BCUT2D eigenvalue weighted by atomic mass is 10.0. The molecule has 1 aliphatic rings. The highest BCUT2D eigenvalue weighted by atomic mass is 35.5. The Hall–Kier alpha value is -1.03. The average Bonchev–Trinajstić information content (AvgIpc) is 2.98. The first-order valence-corrected chi connectivity index (χ1v) is 7.59. The molecule has 2 aromatic rings. The summed E-state index contributed by atoms with van der Waals surface area (Å²) in [6.07, 6.45) is 3.65. The van der Waals surface area contributed by atoms with Crippen molar-refractivity contribution in [1.82, 2.24) is 0 Å². The smallest absolute Gasteiger partial charge is 0.124 e. The summed E-state index contributed by atoms with van der Waals surface area (Å²) in [5.41, 5.74) is 8.82. The van der Waals surface area contributed by atoms with E-state index in [0.29, 0.717) is 5.02 Å². The second kappa shape index (κ2) is 5.16. The quantitative estimate of drug-likeness (QED) is 0.930. The Balaban J connectivity index is 1.98. The second-order valence-corrected chi connectivity index (χ2v) is 6.42. The number of fused-ring (bicyclic) bond motifs is 1. The molecule has 19 heavy (non-hydrogen) atoms. The Morgan fingerprint density at radius 1 is 1.32 bits per heavy atom. The molecule has 0 amide bonds. The van der Waals surface area contributed by atoms with Gasteiger partial charge in [-0.2, -0.15) is 0 Å². The van der Waals surface area contributed by atoms with Crippen LogP contribution in [-0.4, -0.2) is 7.11 Å². The second-order valence-electron chi connectivity index (χ2n) is 4.81. The van der Waals surface area contributed by atoms with Crippen LogP contribution in [0.5, 0.6) is 5.75 Å². The van der Waals surface area contributed by atoms with Crippen molar-refractivity contribution in [2.24, 2.45) is 5.73 Å². The molecule has 1 atom stereocenters. The van der Waals surface area contributed by atoms with E-state index in [2.05, 4.69) is 6.07 Å². The molecule has 0 fully saturated rings.